The summed E-state index contributed by atoms with van der Waals surface area (Å²) in [5.41, 5.74) is 1.33. The highest BCUT2D eigenvalue weighted by molar-refractivity contribution is 9.09. The Morgan fingerprint density at radius 3 is 2.50 bits per heavy atom. The quantitative estimate of drug-likeness (QED) is 0.496. The van der Waals surface area contributed by atoms with Crippen LogP contribution in [0.25, 0.3) is 0 Å². The molecule has 0 spiro atoms. The molecule has 0 aromatic heterocycles. The number of benzene rings is 1. The molecule has 18 heavy (non-hydrogen) atoms. The predicted octanol–water partition coefficient (Wildman–Crippen LogP) is 4.26. The number of rotatable bonds is 9. The van der Waals surface area contributed by atoms with Gasteiger partial charge in [-0.3, -0.25) is 0 Å². The van der Waals surface area contributed by atoms with E-state index in [9.17, 15) is 0 Å². The van der Waals surface area contributed by atoms with E-state index in [2.05, 4.69) is 28.1 Å². The smallest absolute Gasteiger partial charge is 0.0700 e. The first kappa shape index (κ1) is 16.0. The van der Waals surface area contributed by atoms with E-state index in [0.29, 0.717) is 19.1 Å². The van der Waals surface area contributed by atoms with Gasteiger partial charge in [0.1, 0.15) is 0 Å². The van der Waals surface area contributed by atoms with Gasteiger partial charge in [-0.2, -0.15) is 0 Å². The number of methoxy groups -OCH3 is 1. The minimum absolute atomic E-state index is 0.522. The van der Waals surface area contributed by atoms with E-state index in [1.54, 1.807) is 7.11 Å². The van der Waals surface area contributed by atoms with Gasteiger partial charge in [0.2, 0.25) is 0 Å². The maximum Gasteiger partial charge on any atom is 0.0700 e. The maximum absolute atomic E-state index is 5.89. The Morgan fingerprint density at radius 1 is 1.17 bits per heavy atom. The first-order valence-electron chi connectivity index (χ1n) is 6.16. The third-order valence-corrected chi connectivity index (χ3v) is 3.83. The Morgan fingerprint density at radius 2 is 1.89 bits per heavy atom. The Bertz CT molecular complexity index is 316. The second-order valence-corrected chi connectivity index (χ2v) is 5.23. The van der Waals surface area contributed by atoms with E-state index in [-0.39, 0.29) is 0 Å². The van der Waals surface area contributed by atoms with Gasteiger partial charge in [0.05, 0.1) is 13.2 Å². The molecule has 2 nitrogen and oxygen atoms in total. The van der Waals surface area contributed by atoms with Crippen LogP contribution in [0.15, 0.2) is 24.3 Å². The average Bonchev–Trinajstić information content (AvgIpc) is 2.39. The average molecular weight is 336 g/mol. The van der Waals surface area contributed by atoms with Crippen LogP contribution >= 0.6 is 27.5 Å². The largest absolute Gasteiger partial charge is 0.382 e. The Labute approximate surface area is 123 Å². The van der Waals surface area contributed by atoms with Crippen LogP contribution in [0.4, 0.5) is 0 Å². The summed E-state index contributed by atoms with van der Waals surface area (Å²) in [5.74, 6) is 0.522. The van der Waals surface area contributed by atoms with Crippen LogP contribution in [0.1, 0.15) is 24.3 Å². The molecule has 1 unspecified atom stereocenters. The SMILES string of the molecule is COCCOCCCC(CBr)c1ccc(Cl)cc1. The van der Waals surface area contributed by atoms with Crippen molar-refractivity contribution in [3.8, 4) is 0 Å². The molecular weight excluding hydrogens is 316 g/mol. The minimum Gasteiger partial charge on any atom is -0.382 e. The van der Waals surface area contributed by atoms with E-state index in [4.69, 9.17) is 21.1 Å². The zero-order valence-electron chi connectivity index (χ0n) is 10.7. The summed E-state index contributed by atoms with van der Waals surface area (Å²) >= 11 is 9.46. The molecule has 0 saturated heterocycles. The highest BCUT2D eigenvalue weighted by Crippen LogP contribution is 2.24. The maximum atomic E-state index is 5.89. The van der Waals surface area contributed by atoms with Crippen LogP contribution in [0.5, 0.6) is 0 Å². The molecule has 0 aliphatic rings. The molecule has 102 valence electrons. The van der Waals surface area contributed by atoms with Crippen LogP contribution in [-0.4, -0.2) is 32.3 Å². The molecule has 0 saturated carbocycles. The molecule has 0 radical (unpaired) electrons. The van der Waals surface area contributed by atoms with Gasteiger partial charge in [-0.1, -0.05) is 39.7 Å². The summed E-state index contributed by atoms with van der Waals surface area (Å²) in [7, 11) is 1.69. The van der Waals surface area contributed by atoms with E-state index in [1.165, 1.54) is 5.56 Å². The number of alkyl halides is 1. The van der Waals surface area contributed by atoms with Crippen molar-refractivity contribution in [2.45, 2.75) is 18.8 Å². The Kier molecular flexibility index (Phi) is 8.68. The molecular formula is C14H20BrClO2. The first-order valence-corrected chi connectivity index (χ1v) is 7.66. The second kappa shape index (κ2) is 9.79. The Balaban J connectivity index is 2.27. The van der Waals surface area contributed by atoms with Crippen molar-refractivity contribution in [3.05, 3.63) is 34.9 Å². The fourth-order valence-electron chi connectivity index (χ4n) is 1.74. The van der Waals surface area contributed by atoms with Crippen LogP contribution in [0.2, 0.25) is 5.02 Å². The van der Waals surface area contributed by atoms with Gasteiger partial charge >= 0.3 is 0 Å². The molecule has 0 heterocycles. The van der Waals surface area contributed by atoms with Gasteiger partial charge in [-0.05, 0) is 36.5 Å². The molecule has 0 aliphatic heterocycles. The molecule has 1 aromatic rings. The zero-order valence-corrected chi connectivity index (χ0v) is 13.0. The lowest BCUT2D eigenvalue weighted by Gasteiger charge is -2.14. The summed E-state index contributed by atoms with van der Waals surface area (Å²) < 4.78 is 10.4. The Hall–Kier alpha value is -0.0900. The second-order valence-electron chi connectivity index (χ2n) is 4.15. The van der Waals surface area contributed by atoms with Gasteiger partial charge in [-0.15, -0.1) is 0 Å². The number of ether oxygens (including phenoxy) is 2. The van der Waals surface area contributed by atoms with Crippen LogP contribution in [0, 0.1) is 0 Å². The lowest BCUT2D eigenvalue weighted by atomic mass is 9.96. The molecule has 0 fully saturated rings. The van der Waals surface area contributed by atoms with Crippen molar-refractivity contribution in [2.24, 2.45) is 0 Å². The van der Waals surface area contributed by atoms with Gasteiger partial charge in [0.25, 0.3) is 0 Å². The predicted molar refractivity (Wildman–Crippen MR) is 79.9 cm³/mol. The molecule has 1 atom stereocenters. The van der Waals surface area contributed by atoms with Crippen LogP contribution < -0.4 is 0 Å². The summed E-state index contributed by atoms with van der Waals surface area (Å²) in [6.45, 7) is 2.13. The molecule has 1 aromatic carbocycles. The number of halogens is 2. The molecule has 0 N–H and O–H groups in total. The highest BCUT2D eigenvalue weighted by Gasteiger charge is 2.09. The molecule has 4 heteroatoms. The summed E-state index contributed by atoms with van der Waals surface area (Å²) in [4.78, 5) is 0. The number of hydrogen-bond donors (Lipinski definition) is 0. The lowest BCUT2D eigenvalue weighted by Crippen LogP contribution is -2.06. The summed E-state index contributed by atoms with van der Waals surface area (Å²) in [5, 5.41) is 1.75. The van der Waals surface area contributed by atoms with Crippen molar-refractivity contribution in [1.29, 1.82) is 0 Å². The number of hydrogen-bond acceptors (Lipinski definition) is 2. The van der Waals surface area contributed by atoms with Crippen molar-refractivity contribution < 1.29 is 9.47 Å². The first-order chi connectivity index (χ1) is 8.77. The van der Waals surface area contributed by atoms with Gasteiger partial charge < -0.3 is 9.47 Å². The highest BCUT2D eigenvalue weighted by atomic mass is 79.9. The van der Waals surface area contributed by atoms with E-state index < -0.39 is 0 Å². The van der Waals surface area contributed by atoms with Gasteiger partial charge in [0.15, 0.2) is 0 Å². The monoisotopic (exact) mass is 334 g/mol. The molecule has 0 bridgehead atoms. The summed E-state index contributed by atoms with van der Waals surface area (Å²) in [6, 6.07) is 8.09. The fraction of sp³-hybridized carbons (Fsp3) is 0.571. The van der Waals surface area contributed by atoms with Gasteiger partial charge in [-0.25, -0.2) is 0 Å². The normalized spacial score (nSPS) is 12.6. The fourth-order valence-corrected chi connectivity index (χ4v) is 2.57. The van der Waals surface area contributed by atoms with E-state index in [0.717, 1.165) is 29.8 Å². The molecule has 0 amide bonds. The van der Waals surface area contributed by atoms with Crippen LogP contribution in [-0.2, 0) is 9.47 Å². The van der Waals surface area contributed by atoms with Crippen LogP contribution in [0.3, 0.4) is 0 Å². The summed E-state index contributed by atoms with van der Waals surface area (Å²) in [6.07, 6.45) is 2.17. The van der Waals surface area contributed by atoms with E-state index in [1.807, 2.05) is 12.1 Å². The van der Waals surface area contributed by atoms with Crippen molar-refractivity contribution in [2.75, 3.05) is 32.3 Å². The van der Waals surface area contributed by atoms with Crippen molar-refractivity contribution in [3.63, 3.8) is 0 Å². The standard InChI is InChI=1S/C14H20BrClO2/c1-17-9-10-18-8-2-3-13(11-15)12-4-6-14(16)7-5-12/h4-7,13H,2-3,8-11H2,1H3. The third kappa shape index (κ3) is 6.19. The van der Waals surface area contributed by atoms with E-state index >= 15 is 0 Å². The van der Waals surface area contributed by atoms with Crippen molar-refractivity contribution >= 4 is 27.5 Å². The third-order valence-electron chi connectivity index (χ3n) is 2.80. The van der Waals surface area contributed by atoms with Crippen molar-refractivity contribution in [1.82, 2.24) is 0 Å². The zero-order chi connectivity index (χ0) is 13.2. The van der Waals surface area contributed by atoms with Gasteiger partial charge in [0, 0.05) is 24.1 Å². The lowest BCUT2D eigenvalue weighted by molar-refractivity contribution is 0.0683. The molecule has 1 rings (SSSR count). The minimum atomic E-state index is 0.522. The molecule has 0 aliphatic carbocycles. The topological polar surface area (TPSA) is 18.5 Å².